The van der Waals surface area contributed by atoms with Gasteiger partial charge in [0.1, 0.15) is 11.8 Å². The second kappa shape index (κ2) is 12.5. The summed E-state index contributed by atoms with van der Waals surface area (Å²) in [6.45, 7) is 1.70. The molecule has 0 aliphatic carbocycles. The van der Waals surface area contributed by atoms with Gasteiger partial charge >= 0.3 is 0 Å². The first-order valence-corrected chi connectivity index (χ1v) is 15.4. The van der Waals surface area contributed by atoms with Gasteiger partial charge in [-0.2, -0.15) is 0 Å². The second-order valence-corrected chi connectivity index (χ2v) is 11.6. The number of hydrogen-bond acceptors (Lipinski definition) is 8. The molecule has 2 aliphatic heterocycles. The maximum absolute atomic E-state index is 13.1. The molecule has 0 saturated carbocycles. The predicted octanol–water partition coefficient (Wildman–Crippen LogP) is 4.34. The van der Waals surface area contributed by atoms with Crippen LogP contribution in [0.3, 0.4) is 0 Å². The zero-order valence-corrected chi connectivity index (χ0v) is 25.7. The SMILES string of the molecule is COc1ccc(-n2nc(NCc3ccc(CNCc4ccc5c(c4)C(=O)N(C4CCC(=O)NC4=O)C5=O)cc3)c3ccccc32)cc1. The minimum atomic E-state index is -0.976. The number of hydrogen-bond donors (Lipinski definition) is 3. The van der Waals surface area contributed by atoms with Gasteiger partial charge in [0, 0.05) is 31.4 Å². The van der Waals surface area contributed by atoms with Gasteiger partial charge in [-0.1, -0.05) is 42.5 Å². The van der Waals surface area contributed by atoms with E-state index in [-0.39, 0.29) is 24.0 Å². The van der Waals surface area contributed by atoms with Crippen molar-refractivity contribution in [2.45, 2.75) is 38.5 Å². The maximum atomic E-state index is 13.1. The number of benzene rings is 4. The molecule has 11 heteroatoms. The van der Waals surface area contributed by atoms with Gasteiger partial charge < -0.3 is 15.4 Å². The van der Waals surface area contributed by atoms with Crippen LogP contribution in [0, 0.1) is 0 Å². The topological polar surface area (TPSA) is 135 Å². The number of nitrogens with zero attached hydrogens (tertiary/aromatic N) is 3. The average molecular weight is 629 g/mol. The first-order chi connectivity index (χ1) is 22.9. The molecule has 3 N–H and O–H groups in total. The van der Waals surface area contributed by atoms with Crippen molar-refractivity contribution in [1.82, 2.24) is 25.3 Å². The van der Waals surface area contributed by atoms with Crippen molar-refractivity contribution in [1.29, 1.82) is 0 Å². The van der Waals surface area contributed by atoms with Crippen LogP contribution in [0.1, 0.15) is 50.2 Å². The van der Waals surface area contributed by atoms with E-state index < -0.39 is 29.7 Å². The van der Waals surface area contributed by atoms with Crippen molar-refractivity contribution in [2.24, 2.45) is 0 Å². The number of anilines is 1. The van der Waals surface area contributed by atoms with Crippen molar-refractivity contribution < 1.29 is 23.9 Å². The standard InChI is InChI=1S/C36H32N6O5/c1-47-26-13-11-25(12-14-26)42-30-5-3-2-4-28(30)33(40-42)38-21-23-8-6-22(7-9-23)19-37-20-24-10-15-27-29(18-24)36(46)41(35(27)45)31-16-17-32(43)39-34(31)44/h2-15,18,31,37H,16-17,19-21H2,1H3,(H,38,40)(H,39,43,44). The number of piperidine rings is 1. The molecule has 1 atom stereocenters. The fourth-order valence-corrected chi connectivity index (χ4v) is 6.06. The van der Waals surface area contributed by atoms with Gasteiger partial charge in [-0.3, -0.25) is 29.4 Å². The highest BCUT2D eigenvalue weighted by Gasteiger charge is 2.44. The van der Waals surface area contributed by atoms with E-state index in [4.69, 9.17) is 9.84 Å². The van der Waals surface area contributed by atoms with Crippen LogP contribution in [-0.4, -0.2) is 51.5 Å². The highest BCUT2D eigenvalue weighted by molar-refractivity contribution is 6.23. The van der Waals surface area contributed by atoms with Crippen molar-refractivity contribution in [2.75, 3.05) is 12.4 Å². The number of imide groups is 2. The van der Waals surface area contributed by atoms with E-state index in [0.717, 1.165) is 49.7 Å². The predicted molar refractivity (Wildman–Crippen MR) is 175 cm³/mol. The smallest absolute Gasteiger partial charge is 0.262 e. The minimum absolute atomic E-state index is 0.0877. The summed E-state index contributed by atoms with van der Waals surface area (Å²) in [7, 11) is 1.65. The Bertz CT molecular complexity index is 2020. The van der Waals surface area contributed by atoms with E-state index in [1.54, 1.807) is 25.3 Å². The summed E-state index contributed by atoms with van der Waals surface area (Å²) in [4.78, 5) is 50.9. The van der Waals surface area contributed by atoms with E-state index in [1.165, 1.54) is 0 Å². The second-order valence-electron chi connectivity index (χ2n) is 11.6. The number of aromatic nitrogens is 2. The van der Waals surface area contributed by atoms with Gasteiger partial charge in [-0.05, 0) is 71.6 Å². The molecule has 3 heterocycles. The van der Waals surface area contributed by atoms with Crippen LogP contribution in [-0.2, 0) is 29.2 Å². The van der Waals surface area contributed by atoms with Crippen molar-refractivity contribution >= 4 is 40.3 Å². The minimum Gasteiger partial charge on any atom is -0.497 e. The van der Waals surface area contributed by atoms with Crippen molar-refractivity contribution in [3.63, 3.8) is 0 Å². The Balaban J connectivity index is 0.954. The highest BCUT2D eigenvalue weighted by atomic mass is 16.5. The number of methoxy groups -OCH3 is 1. The van der Waals surface area contributed by atoms with Crippen LogP contribution < -0.4 is 20.7 Å². The number of para-hydroxylation sites is 1. The highest BCUT2D eigenvalue weighted by Crippen LogP contribution is 2.29. The van der Waals surface area contributed by atoms with E-state index >= 15 is 0 Å². The Morgan fingerprint density at radius 1 is 0.809 bits per heavy atom. The fourth-order valence-electron chi connectivity index (χ4n) is 6.06. The Morgan fingerprint density at radius 2 is 1.49 bits per heavy atom. The van der Waals surface area contributed by atoms with Gasteiger partial charge in [0.15, 0.2) is 5.82 Å². The van der Waals surface area contributed by atoms with Crippen LogP contribution >= 0.6 is 0 Å². The molecule has 0 bridgehead atoms. The zero-order valence-electron chi connectivity index (χ0n) is 25.7. The van der Waals surface area contributed by atoms with E-state index in [1.807, 2.05) is 41.1 Å². The van der Waals surface area contributed by atoms with Crippen LogP contribution in [0.15, 0.2) is 91.0 Å². The number of nitrogens with one attached hydrogen (secondary N) is 3. The lowest BCUT2D eigenvalue weighted by atomic mass is 10.0. The molecule has 236 valence electrons. The summed E-state index contributed by atoms with van der Waals surface area (Å²) in [5.41, 5.74) is 5.55. The number of amides is 4. The van der Waals surface area contributed by atoms with Crippen LogP contribution in [0.5, 0.6) is 5.75 Å². The molecule has 4 amide bonds. The number of carbonyl (C=O) groups is 4. The summed E-state index contributed by atoms with van der Waals surface area (Å²) in [5, 5.41) is 15.0. The number of fused-ring (bicyclic) bond motifs is 2. The van der Waals surface area contributed by atoms with E-state index in [0.29, 0.717) is 19.6 Å². The molecule has 4 aromatic carbocycles. The molecule has 11 nitrogen and oxygen atoms in total. The van der Waals surface area contributed by atoms with Crippen LogP contribution in [0.25, 0.3) is 16.6 Å². The summed E-state index contributed by atoms with van der Waals surface area (Å²) in [5.74, 6) is -0.436. The molecule has 1 saturated heterocycles. The molecule has 1 aromatic heterocycles. The monoisotopic (exact) mass is 628 g/mol. The summed E-state index contributed by atoms with van der Waals surface area (Å²) in [6.07, 6.45) is 0.218. The zero-order chi connectivity index (χ0) is 32.5. The summed E-state index contributed by atoms with van der Waals surface area (Å²) in [6, 6.07) is 28.4. The molecule has 1 fully saturated rings. The largest absolute Gasteiger partial charge is 0.497 e. The third-order valence-corrected chi connectivity index (χ3v) is 8.55. The van der Waals surface area contributed by atoms with E-state index in [9.17, 15) is 19.2 Å². The molecular formula is C36H32N6O5. The van der Waals surface area contributed by atoms with Crippen LogP contribution in [0.2, 0.25) is 0 Å². The van der Waals surface area contributed by atoms with Gasteiger partial charge in [0.25, 0.3) is 11.8 Å². The van der Waals surface area contributed by atoms with Crippen LogP contribution in [0.4, 0.5) is 5.82 Å². The average Bonchev–Trinajstić information content (AvgIpc) is 3.58. The number of carbonyl (C=O) groups excluding carboxylic acids is 4. The van der Waals surface area contributed by atoms with E-state index in [2.05, 4.69) is 52.3 Å². The first kappa shape index (κ1) is 29.9. The Kier molecular flexibility index (Phi) is 7.96. The molecule has 47 heavy (non-hydrogen) atoms. The molecule has 2 aliphatic rings. The Morgan fingerprint density at radius 3 is 2.23 bits per heavy atom. The van der Waals surface area contributed by atoms with Gasteiger partial charge in [0.2, 0.25) is 11.8 Å². The first-order valence-electron chi connectivity index (χ1n) is 15.4. The van der Waals surface area contributed by atoms with Gasteiger partial charge in [0.05, 0.1) is 29.4 Å². The molecule has 0 radical (unpaired) electrons. The number of ether oxygens (including phenoxy) is 1. The maximum Gasteiger partial charge on any atom is 0.262 e. The molecule has 5 aromatic rings. The van der Waals surface area contributed by atoms with Crippen molar-refractivity contribution in [3.8, 4) is 11.4 Å². The molecular weight excluding hydrogens is 596 g/mol. The lowest BCUT2D eigenvalue weighted by molar-refractivity contribution is -0.136. The third kappa shape index (κ3) is 5.84. The Labute approximate surface area is 270 Å². The number of rotatable bonds is 10. The molecule has 1 unspecified atom stereocenters. The molecule has 0 spiro atoms. The normalized spacial score (nSPS) is 16.0. The van der Waals surface area contributed by atoms with Gasteiger partial charge in [-0.15, -0.1) is 5.10 Å². The van der Waals surface area contributed by atoms with Gasteiger partial charge in [-0.25, -0.2) is 4.68 Å². The summed E-state index contributed by atoms with van der Waals surface area (Å²) >= 11 is 0. The van der Waals surface area contributed by atoms with Crippen molar-refractivity contribution in [3.05, 3.63) is 119 Å². The lowest BCUT2D eigenvalue weighted by Crippen LogP contribution is -2.54. The summed E-state index contributed by atoms with van der Waals surface area (Å²) < 4.78 is 7.22. The fraction of sp³-hybridized carbons (Fsp3) is 0.194. The molecule has 7 rings (SSSR count). The quantitative estimate of drug-likeness (QED) is 0.195. The third-order valence-electron chi connectivity index (χ3n) is 8.55. The lowest BCUT2D eigenvalue weighted by Gasteiger charge is -2.27. The Hall–Kier alpha value is -5.81.